The number of ether oxygens (including phenoxy) is 1. The highest BCUT2D eigenvalue weighted by atomic mass is 35.5. The Morgan fingerprint density at radius 2 is 1.84 bits per heavy atom. The van der Waals surface area contributed by atoms with Gasteiger partial charge in [0, 0.05) is 23.9 Å². The molecule has 1 amide bonds. The van der Waals surface area contributed by atoms with E-state index in [0.717, 1.165) is 0 Å². The second-order valence-electron chi connectivity index (χ2n) is 5.98. The topological polar surface area (TPSA) is 88.5 Å². The number of aromatic nitrogens is 1. The average molecular weight is 361 g/mol. The Morgan fingerprint density at radius 3 is 2.44 bits per heavy atom. The highest BCUT2D eigenvalue weighted by molar-refractivity contribution is 6.30. The van der Waals surface area contributed by atoms with Crippen molar-refractivity contribution < 1.29 is 19.4 Å². The zero-order chi connectivity index (χ0) is 17.8. The van der Waals surface area contributed by atoms with Gasteiger partial charge in [0.2, 0.25) is 11.8 Å². The Hall–Kier alpha value is -2.60. The van der Waals surface area contributed by atoms with Gasteiger partial charge in [0.05, 0.1) is 10.9 Å². The standard InChI is InChI=1S/C18H17ClN2O4/c19-13-3-8-16(20-10-13)25-15-6-4-14(5-7-15)21-17(22)11-1-2-12(9-11)18(23)24/h3-8,10-12H,1-2,9H2,(H,21,22)(H,23,24)/t11-,12+/m0/s1. The number of aliphatic carboxylic acids is 1. The van der Waals surface area contributed by atoms with Gasteiger partial charge in [-0.15, -0.1) is 0 Å². The van der Waals surface area contributed by atoms with Gasteiger partial charge >= 0.3 is 5.97 Å². The highest BCUT2D eigenvalue weighted by Crippen LogP contribution is 2.32. The second-order valence-corrected chi connectivity index (χ2v) is 6.41. The lowest BCUT2D eigenvalue weighted by Crippen LogP contribution is -2.21. The lowest BCUT2D eigenvalue weighted by molar-refractivity contribution is -0.141. The number of hydrogen-bond acceptors (Lipinski definition) is 4. The van der Waals surface area contributed by atoms with Crippen LogP contribution in [0.5, 0.6) is 11.6 Å². The zero-order valence-corrected chi connectivity index (χ0v) is 14.1. The number of halogens is 1. The molecule has 0 radical (unpaired) electrons. The molecule has 1 aliphatic carbocycles. The maximum atomic E-state index is 12.2. The van der Waals surface area contributed by atoms with Crippen molar-refractivity contribution in [3.05, 3.63) is 47.6 Å². The van der Waals surface area contributed by atoms with Gasteiger partial charge < -0.3 is 15.2 Å². The molecule has 0 bridgehead atoms. The molecule has 0 spiro atoms. The maximum absolute atomic E-state index is 12.2. The number of rotatable bonds is 5. The Morgan fingerprint density at radius 1 is 1.12 bits per heavy atom. The summed E-state index contributed by atoms with van der Waals surface area (Å²) in [5.74, 6) is -0.635. The van der Waals surface area contributed by atoms with E-state index in [-0.39, 0.29) is 11.8 Å². The first-order valence-electron chi connectivity index (χ1n) is 7.94. The summed E-state index contributed by atoms with van der Waals surface area (Å²) < 4.78 is 5.59. The monoisotopic (exact) mass is 360 g/mol. The van der Waals surface area contributed by atoms with Crippen LogP contribution in [0.15, 0.2) is 42.6 Å². The van der Waals surface area contributed by atoms with Crippen molar-refractivity contribution in [2.45, 2.75) is 19.3 Å². The quantitative estimate of drug-likeness (QED) is 0.842. The van der Waals surface area contributed by atoms with Gasteiger partial charge in [-0.05, 0) is 49.6 Å². The fourth-order valence-electron chi connectivity index (χ4n) is 2.84. The molecule has 1 aliphatic rings. The molecule has 6 nitrogen and oxygen atoms in total. The van der Waals surface area contributed by atoms with Crippen LogP contribution in [0.1, 0.15) is 19.3 Å². The van der Waals surface area contributed by atoms with Gasteiger partial charge in [-0.1, -0.05) is 11.6 Å². The first kappa shape index (κ1) is 17.2. The van der Waals surface area contributed by atoms with Crippen LogP contribution in [0, 0.1) is 11.8 Å². The van der Waals surface area contributed by atoms with Crippen LogP contribution in [0.4, 0.5) is 5.69 Å². The predicted molar refractivity (Wildman–Crippen MR) is 92.9 cm³/mol. The van der Waals surface area contributed by atoms with E-state index in [0.29, 0.717) is 41.6 Å². The highest BCUT2D eigenvalue weighted by Gasteiger charge is 2.33. The van der Waals surface area contributed by atoms with Crippen molar-refractivity contribution in [3.63, 3.8) is 0 Å². The number of pyridine rings is 1. The van der Waals surface area contributed by atoms with E-state index in [2.05, 4.69) is 10.3 Å². The SMILES string of the molecule is O=C(O)[C@@H]1CC[C@H](C(=O)Nc2ccc(Oc3ccc(Cl)cn3)cc2)C1. The predicted octanol–water partition coefficient (Wildman–Crippen LogP) is 3.97. The number of nitrogens with zero attached hydrogens (tertiary/aromatic N) is 1. The summed E-state index contributed by atoms with van der Waals surface area (Å²) in [4.78, 5) is 27.3. The van der Waals surface area contributed by atoms with Gasteiger partial charge in [-0.25, -0.2) is 4.98 Å². The minimum atomic E-state index is -0.826. The lowest BCUT2D eigenvalue weighted by atomic mass is 10.0. The van der Waals surface area contributed by atoms with E-state index < -0.39 is 11.9 Å². The zero-order valence-electron chi connectivity index (χ0n) is 13.3. The van der Waals surface area contributed by atoms with Gasteiger partial charge in [-0.2, -0.15) is 0 Å². The van der Waals surface area contributed by atoms with Crippen molar-refractivity contribution in [2.24, 2.45) is 11.8 Å². The van der Waals surface area contributed by atoms with E-state index >= 15 is 0 Å². The molecule has 0 saturated heterocycles. The first-order chi connectivity index (χ1) is 12.0. The van der Waals surface area contributed by atoms with Crippen molar-refractivity contribution in [2.75, 3.05) is 5.32 Å². The van der Waals surface area contributed by atoms with Gasteiger partial charge in [0.25, 0.3) is 0 Å². The first-order valence-corrected chi connectivity index (χ1v) is 8.32. The molecular weight excluding hydrogens is 344 g/mol. The summed E-state index contributed by atoms with van der Waals surface area (Å²) in [6, 6.07) is 10.3. The normalized spacial score (nSPS) is 19.4. The van der Waals surface area contributed by atoms with Crippen molar-refractivity contribution in [1.82, 2.24) is 4.98 Å². The molecule has 1 saturated carbocycles. The summed E-state index contributed by atoms with van der Waals surface area (Å²) in [6.45, 7) is 0. The third-order valence-electron chi connectivity index (χ3n) is 4.20. The molecule has 1 heterocycles. The molecule has 2 aromatic rings. The molecule has 0 unspecified atom stereocenters. The number of amides is 1. The van der Waals surface area contributed by atoms with Crippen LogP contribution >= 0.6 is 11.6 Å². The largest absolute Gasteiger partial charge is 0.481 e. The number of carbonyl (C=O) groups excluding carboxylic acids is 1. The molecule has 2 atom stereocenters. The minimum Gasteiger partial charge on any atom is -0.481 e. The van der Waals surface area contributed by atoms with Crippen LogP contribution in [-0.2, 0) is 9.59 Å². The van der Waals surface area contributed by atoms with Crippen molar-refractivity contribution in [3.8, 4) is 11.6 Å². The van der Waals surface area contributed by atoms with E-state index in [1.54, 1.807) is 36.4 Å². The third kappa shape index (κ3) is 4.48. The Kier molecular flexibility index (Phi) is 5.19. The summed E-state index contributed by atoms with van der Waals surface area (Å²) in [7, 11) is 0. The molecule has 1 fully saturated rings. The molecule has 1 aromatic heterocycles. The number of carboxylic acid groups (broad SMARTS) is 1. The number of carbonyl (C=O) groups is 2. The molecule has 7 heteroatoms. The van der Waals surface area contributed by atoms with Gasteiger partial charge in [-0.3, -0.25) is 9.59 Å². The third-order valence-corrected chi connectivity index (χ3v) is 4.42. The van der Waals surface area contributed by atoms with Crippen LogP contribution in [0.3, 0.4) is 0 Å². The van der Waals surface area contributed by atoms with Crippen LogP contribution in [0.25, 0.3) is 0 Å². The number of hydrogen-bond donors (Lipinski definition) is 2. The van der Waals surface area contributed by atoms with E-state index in [1.807, 2.05) is 0 Å². The smallest absolute Gasteiger partial charge is 0.306 e. The number of benzene rings is 1. The molecule has 25 heavy (non-hydrogen) atoms. The van der Waals surface area contributed by atoms with Gasteiger partial charge in [0.15, 0.2) is 0 Å². The number of nitrogens with one attached hydrogen (secondary N) is 1. The molecule has 0 aliphatic heterocycles. The number of carboxylic acids is 1. The van der Waals surface area contributed by atoms with E-state index in [9.17, 15) is 9.59 Å². The average Bonchev–Trinajstić information content (AvgIpc) is 3.09. The van der Waals surface area contributed by atoms with Gasteiger partial charge in [0.1, 0.15) is 5.75 Å². The van der Waals surface area contributed by atoms with Crippen molar-refractivity contribution >= 4 is 29.2 Å². The lowest BCUT2D eigenvalue weighted by Gasteiger charge is -2.11. The molecule has 3 rings (SSSR count). The second kappa shape index (κ2) is 7.53. The van der Waals surface area contributed by atoms with E-state index in [1.165, 1.54) is 6.20 Å². The number of anilines is 1. The minimum absolute atomic E-state index is 0.142. The maximum Gasteiger partial charge on any atom is 0.306 e. The summed E-state index contributed by atoms with van der Waals surface area (Å²) in [5, 5.41) is 12.4. The summed E-state index contributed by atoms with van der Waals surface area (Å²) in [6.07, 6.45) is 3.04. The van der Waals surface area contributed by atoms with Crippen molar-refractivity contribution in [1.29, 1.82) is 0 Å². The van der Waals surface area contributed by atoms with Crippen LogP contribution in [-0.4, -0.2) is 22.0 Å². The molecule has 2 N–H and O–H groups in total. The molecule has 1 aromatic carbocycles. The molecule has 130 valence electrons. The van der Waals surface area contributed by atoms with Crippen LogP contribution in [0.2, 0.25) is 5.02 Å². The Balaban J connectivity index is 1.56. The molecular formula is C18H17ClN2O4. The summed E-state index contributed by atoms with van der Waals surface area (Å²) in [5.41, 5.74) is 0.639. The Bertz CT molecular complexity index is 762. The fraction of sp³-hybridized carbons (Fsp3) is 0.278. The Labute approximate surface area is 149 Å². The summed E-state index contributed by atoms with van der Waals surface area (Å²) >= 11 is 5.77. The fourth-order valence-corrected chi connectivity index (χ4v) is 2.95. The van der Waals surface area contributed by atoms with Crippen LogP contribution < -0.4 is 10.1 Å². The van der Waals surface area contributed by atoms with E-state index in [4.69, 9.17) is 21.4 Å².